The maximum atomic E-state index is 13.0. The summed E-state index contributed by atoms with van der Waals surface area (Å²) in [6.45, 7) is 6.69. The molecule has 2 aromatic rings. The van der Waals surface area contributed by atoms with E-state index >= 15 is 0 Å². The number of carbonyl (C=O) groups excluding carboxylic acids is 1. The SMILES string of the molecule is CCN(CC)S(=O)(=O)c1ccc(C)c(C(=O)N[C@H]2CCOc3ccccc32)c1. The summed E-state index contributed by atoms with van der Waals surface area (Å²) in [7, 11) is -3.62. The number of rotatable bonds is 6. The van der Waals surface area contributed by atoms with E-state index in [4.69, 9.17) is 4.74 Å². The summed E-state index contributed by atoms with van der Waals surface area (Å²) in [6, 6.07) is 12.2. The topological polar surface area (TPSA) is 75.7 Å². The van der Waals surface area contributed by atoms with E-state index in [0.717, 1.165) is 16.9 Å². The van der Waals surface area contributed by atoms with Crippen LogP contribution < -0.4 is 10.1 Å². The van der Waals surface area contributed by atoms with Crippen LogP contribution >= 0.6 is 0 Å². The van der Waals surface area contributed by atoms with E-state index in [1.165, 1.54) is 10.4 Å². The van der Waals surface area contributed by atoms with Crippen LogP contribution in [0.25, 0.3) is 0 Å². The van der Waals surface area contributed by atoms with Crippen LogP contribution in [0.1, 0.15) is 47.8 Å². The van der Waals surface area contributed by atoms with E-state index in [1.807, 2.05) is 24.3 Å². The smallest absolute Gasteiger partial charge is 0.252 e. The standard InChI is InChI=1S/C21H26N2O4S/c1-4-23(5-2)28(25,26)16-11-10-15(3)18(14-16)21(24)22-19-12-13-27-20-9-7-6-8-17(19)20/h6-11,14,19H,4-5,12-13H2,1-3H3,(H,22,24)/t19-/m0/s1. The van der Waals surface area contributed by atoms with E-state index in [9.17, 15) is 13.2 Å². The van der Waals surface area contributed by atoms with Gasteiger partial charge in [-0.2, -0.15) is 4.31 Å². The molecule has 6 nitrogen and oxygen atoms in total. The summed E-state index contributed by atoms with van der Waals surface area (Å²) in [6.07, 6.45) is 0.666. The Balaban J connectivity index is 1.89. The van der Waals surface area contributed by atoms with Gasteiger partial charge in [-0.05, 0) is 30.7 Å². The van der Waals surface area contributed by atoms with Crippen molar-refractivity contribution in [2.24, 2.45) is 0 Å². The minimum Gasteiger partial charge on any atom is -0.493 e. The van der Waals surface area contributed by atoms with Crippen LogP contribution in [0, 0.1) is 6.92 Å². The molecule has 0 aliphatic carbocycles. The Labute approximate surface area is 166 Å². The van der Waals surface area contributed by atoms with E-state index in [0.29, 0.717) is 31.7 Å². The molecule has 1 aliphatic rings. The van der Waals surface area contributed by atoms with Gasteiger partial charge < -0.3 is 10.1 Å². The molecular weight excluding hydrogens is 376 g/mol. The molecule has 0 spiro atoms. The van der Waals surface area contributed by atoms with Gasteiger partial charge in [-0.3, -0.25) is 4.79 Å². The highest BCUT2D eigenvalue weighted by molar-refractivity contribution is 7.89. The number of nitrogens with one attached hydrogen (secondary N) is 1. The predicted octanol–water partition coefficient (Wildman–Crippen LogP) is 3.28. The van der Waals surface area contributed by atoms with Crippen molar-refractivity contribution in [2.75, 3.05) is 19.7 Å². The van der Waals surface area contributed by atoms with Gasteiger partial charge in [-0.25, -0.2) is 8.42 Å². The fraction of sp³-hybridized carbons (Fsp3) is 0.381. The van der Waals surface area contributed by atoms with Crippen LogP contribution in [0.3, 0.4) is 0 Å². The highest BCUT2D eigenvalue weighted by Gasteiger charge is 2.26. The van der Waals surface area contributed by atoms with Crippen LogP contribution in [-0.4, -0.2) is 38.3 Å². The molecule has 1 atom stereocenters. The van der Waals surface area contributed by atoms with Gasteiger partial charge >= 0.3 is 0 Å². The molecule has 1 N–H and O–H groups in total. The Morgan fingerprint density at radius 1 is 1.18 bits per heavy atom. The zero-order valence-electron chi connectivity index (χ0n) is 16.4. The Kier molecular flexibility index (Phi) is 6.05. The van der Waals surface area contributed by atoms with Crippen LogP contribution in [0.5, 0.6) is 5.75 Å². The number of hydrogen-bond donors (Lipinski definition) is 1. The number of aryl methyl sites for hydroxylation is 1. The van der Waals surface area contributed by atoms with Gasteiger partial charge in [0.15, 0.2) is 0 Å². The molecule has 0 radical (unpaired) electrons. The van der Waals surface area contributed by atoms with Crippen molar-refractivity contribution in [3.63, 3.8) is 0 Å². The molecule has 28 heavy (non-hydrogen) atoms. The molecule has 0 aromatic heterocycles. The maximum absolute atomic E-state index is 13.0. The molecule has 3 rings (SSSR count). The summed E-state index contributed by atoms with van der Waals surface area (Å²) < 4.78 is 32.7. The Hall–Kier alpha value is -2.38. The molecule has 1 heterocycles. The number of sulfonamides is 1. The first-order valence-electron chi connectivity index (χ1n) is 9.51. The lowest BCUT2D eigenvalue weighted by Crippen LogP contribution is -2.33. The van der Waals surface area contributed by atoms with Gasteiger partial charge in [0.1, 0.15) is 5.75 Å². The van der Waals surface area contributed by atoms with Crippen LogP contribution in [0.2, 0.25) is 0 Å². The second-order valence-electron chi connectivity index (χ2n) is 6.77. The lowest BCUT2D eigenvalue weighted by molar-refractivity contribution is 0.0924. The van der Waals surface area contributed by atoms with Crippen molar-refractivity contribution in [2.45, 2.75) is 38.1 Å². The largest absolute Gasteiger partial charge is 0.493 e. The van der Waals surface area contributed by atoms with Crippen molar-refractivity contribution in [3.05, 3.63) is 59.2 Å². The lowest BCUT2D eigenvalue weighted by Gasteiger charge is -2.27. The fourth-order valence-electron chi connectivity index (χ4n) is 3.45. The monoisotopic (exact) mass is 402 g/mol. The van der Waals surface area contributed by atoms with E-state index in [1.54, 1.807) is 32.9 Å². The van der Waals surface area contributed by atoms with Crippen molar-refractivity contribution in [3.8, 4) is 5.75 Å². The summed E-state index contributed by atoms with van der Waals surface area (Å²) in [5.74, 6) is 0.490. The van der Waals surface area contributed by atoms with Gasteiger partial charge in [0.05, 0.1) is 17.5 Å². The summed E-state index contributed by atoms with van der Waals surface area (Å²) in [5, 5.41) is 3.04. The van der Waals surface area contributed by atoms with Crippen molar-refractivity contribution < 1.29 is 17.9 Å². The fourth-order valence-corrected chi connectivity index (χ4v) is 4.93. The molecule has 7 heteroatoms. The van der Waals surface area contributed by atoms with Crippen molar-refractivity contribution in [1.29, 1.82) is 0 Å². The average Bonchev–Trinajstić information content (AvgIpc) is 2.69. The van der Waals surface area contributed by atoms with Gasteiger partial charge in [0, 0.05) is 30.6 Å². The van der Waals surface area contributed by atoms with Gasteiger partial charge in [0.2, 0.25) is 10.0 Å². The Bertz CT molecular complexity index is 968. The van der Waals surface area contributed by atoms with E-state index in [-0.39, 0.29) is 16.8 Å². The van der Waals surface area contributed by atoms with Crippen molar-refractivity contribution >= 4 is 15.9 Å². The molecule has 0 fully saturated rings. The maximum Gasteiger partial charge on any atom is 0.252 e. The quantitative estimate of drug-likeness (QED) is 0.805. The van der Waals surface area contributed by atoms with Gasteiger partial charge in [0.25, 0.3) is 5.91 Å². The first kappa shape index (κ1) is 20.4. The number of benzene rings is 2. The summed E-state index contributed by atoms with van der Waals surface area (Å²) >= 11 is 0. The van der Waals surface area contributed by atoms with E-state index in [2.05, 4.69) is 5.32 Å². The number of ether oxygens (including phenoxy) is 1. The number of para-hydroxylation sites is 1. The third-order valence-corrected chi connectivity index (χ3v) is 7.11. The highest BCUT2D eigenvalue weighted by atomic mass is 32.2. The molecule has 150 valence electrons. The third kappa shape index (κ3) is 3.91. The summed E-state index contributed by atoms with van der Waals surface area (Å²) in [5.41, 5.74) is 2.04. The van der Waals surface area contributed by atoms with Crippen LogP contribution in [0.4, 0.5) is 0 Å². The zero-order valence-corrected chi connectivity index (χ0v) is 17.3. The minimum atomic E-state index is -3.62. The van der Waals surface area contributed by atoms with Gasteiger partial charge in [-0.15, -0.1) is 0 Å². The van der Waals surface area contributed by atoms with Gasteiger partial charge in [-0.1, -0.05) is 38.1 Å². The lowest BCUT2D eigenvalue weighted by atomic mass is 9.99. The predicted molar refractivity (Wildman–Crippen MR) is 108 cm³/mol. The molecule has 1 aliphatic heterocycles. The molecule has 1 amide bonds. The first-order valence-corrected chi connectivity index (χ1v) is 11.0. The van der Waals surface area contributed by atoms with Crippen LogP contribution in [-0.2, 0) is 10.0 Å². The third-order valence-electron chi connectivity index (χ3n) is 5.06. The molecular formula is C21H26N2O4S. The number of hydrogen-bond acceptors (Lipinski definition) is 4. The van der Waals surface area contributed by atoms with Crippen LogP contribution in [0.15, 0.2) is 47.4 Å². The zero-order chi connectivity index (χ0) is 20.3. The highest BCUT2D eigenvalue weighted by Crippen LogP contribution is 2.32. The summed E-state index contributed by atoms with van der Waals surface area (Å²) in [4.78, 5) is 13.1. The minimum absolute atomic E-state index is 0.138. The number of carbonyl (C=O) groups is 1. The Morgan fingerprint density at radius 3 is 2.61 bits per heavy atom. The molecule has 0 unspecified atom stereocenters. The molecule has 0 saturated carbocycles. The number of fused-ring (bicyclic) bond motifs is 1. The number of nitrogens with zero attached hydrogens (tertiary/aromatic N) is 1. The van der Waals surface area contributed by atoms with Crippen molar-refractivity contribution in [1.82, 2.24) is 9.62 Å². The first-order chi connectivity index (χ1) is 13.4. The van der Waals surface area contributed by atoms with E-state index < -0.39 is 10.0 Å². The normalized spacial score (nSPS) is 16.4. The second-order valence-corrected chi connectivity index (χ2v) is 8.71. The number of amides is 1. The average molecular weight is 403 g/mol. The molecule has 0 bridgehead atoms. The molecule has 2 aromatic carbocycles. The second kappa shape index (κ2) is 8.32. The Morgan fingerprint density at radius 2 is 1.89 bits per heavy atom. The molecule has 0 saturated heterocycles.